The standard InChI is InChI=1S/C18H32O4/c1-11(2)13-8-7-12(3)14-9-15(20-5)18(4,10-19)22-17(21-6)16(13)14/h7,11,13-17,19H,8-10H2,1-6H3/t13-,14+,15-,16-,17-,18+/m1/s1. The summed E-state index contributed by atoms with van der Waals surface area (Å²) in [4.78, 5) is 0. The highest BCUT2D eigenvalue weighted by molar-refractivity contribution is 5.14. The van der Waals surface area contributed by atoms with Crippen LogP contribution in [0, 0.1) is 23.7 Å². The first-order valence-electron chi connectivity index (χ1n) is 8.38. The third kappa shape index (κ3) is 3.12. The first kappa shape index (κ1) is 17.9. The van der Waals surface area contributed by atoms with Gasteiger partial charge in [0.15, 0.2) is 6.29 Å². The summed E-state index contributed by atoms with van der Waals surface area (Å²) < 4.78 is 17.7. The molecule has 4 heteroatoms. The molecule has 0 aromatic rings. The number of allylic oxidation sites excluding steroid dienone is 2. The SMILES string of the molecule is CO[C@@H]1O[C@@](C)(CO)[C@H](OC)C[C@H]2C(C)=CC[C@H](C(C)C)[C@@H]12. The van der Waals surface area contributed by atoms with E-state index in [0.717, 1.165) is 12.8 Å². The summed E-state index contributed by atoms with van der Waals surface area (Å²) in [6.07, 6.45) is 3.86. The van der Waals surface area contributed by atoms with Crippen LogP contribution in [0.15, 0.2) is 11.6 Å². The van der Waals surface area contributed by atoms with Crippen LogP contribution in [-0.4, -0.2) is 43.9 Å². The molecule has 1 fully saturated rings. The van der Waals surface area contributed by atoms with Crippen LogP contribution in [0.3, 0.4) is 0 Å². The van der Waals surface area contributed by atoms with Crippen molar-refractivity contribution in [1.29, 1.82) is 0 Å². The Hall–Kier alpha value is -0.420. The highest BCUT2D eigenvalue weighted by Crippen LogP contribution is 2.48. The van der Waals surface area contributed by atoms with E-state index in [1.165, 1.54) is 5.57 Å². The third-order valence-corrected chi connectivity index (χ3v) is 5.79. The first-order chi connectivity index (χ1) is 10.4. The second kappa shape index (κ2) is 7.00. The van der Waals surface area contributed by atoms with E-state index >= 15 is 0 Å². The number of hydrogen-bond acceptors (Lipinski definition) is 4. The predicted octanol–water partition coefficient (Wildman–Crippen LogP) is 3.00. The molecule has 6 atom stereocenters. The van der Waals surface area contributed by atoms with Crippen LogP contribution in [-0.2, 0) is 14.2 Å². The second-order valence-corrected chi connectivity index (χ2v) is 7.43. The third-order valence-electron chi connectivity index (χ3n) is 5.79. The molecular weight excluding hydrogens is 280 g/mol. The molecule has 1 aliphatic carbocycles. The van der Waals surface area contributed by atoms with Gasteiger partial charge in [0.05, 0.1) is 12.7 Å². The molecule has 128 valence electrons. The normalized spacial score (nSPS) is 42.7. The van der Waals surface area contributed by atoms with Crippen LogP contribution in [0.1, 0.15) is 40.5 Å². The van der Waals surface area contributed by atoms with Crippen LogP contribution < -0.4 is 0 Å². The Morgan fingerprint density at radius 2 is 2.05 bits per heavy atom. The lowest BCUT2D eigenvalue weighted by atomic mass is 9.66. The number of ether oxygens (including phenoxy) is 3. The van der Waals surface area contributed by atoms with Crippen molar-refractivity contribution in [2.24, 2.45) is 23.7 Å². The molecule has 1 N–H and O–H groups in total. The molecule has 1 aliphatic heterocycles. The number of aliphatic hydroxyl groups is 1. The summed E-state index contributed by atoms with van der Waals surface area (Å²) in [5.41, 5.74) is 0.672. The minimum absolute atomic E-state index is 0.0695. The number of aliphatic hydroxyl groups excluding tert-OH is 1. The van der Waals surface area contributed by atoms with Gasteiger partial charge in [-0.2, -0.15) is 0 Å². The maximum atomic E-state index is 9.89. The van der Waals surface area contributed by atoms with Gasteiger partial charge in [-0.05, 0) is 44.4 Å². The molecule has 0 unspecified atom stereocenters. The lowest BCUT2D eigenvalue weighted by Gasteiger charge is -2.42. The van der Waals surface area contributed by atoms with E-state index < -0.39 is 5.60 Å². The minimum atomic E-state index is -0.728. The molecule has 0 bridgehead atoms. The number of rotatable bonds is 4. The van der Waals surface area contributed by atoms with Gasteiger partial charge in [-0.1, -0.05) is 25.5 Å². The van der Waals surface area contributed by atoms with Gasteiger partial charge >= 0.3 is 0 Å². The average molecular weight is 312 g/mol. The van der Waals surface area contributed by atoms with Gasteiger partial charge in [-0.15, -0.1) is 0 Å². The average Bonchev–Trinajstić information content (AvgIpc) is 2.63. The van der Waals surface area contributed by atoms with Gasteiger partial charge in [0.2, 0.25) is 0 Å². The molecule has 0 aromatic carbocycles. The summed E-state index contributed by atoms with van der Waals surface area (Å²) in [6, 6.07) is 0. The van der Waals surface area contributed by atoms with E-state index in [0.29, 0.717) is 23.7 Å². The Labute approximate surface area is 134 Å². The summed E-state index contributed by atoms with van der Waals surface area (Å²) in [7, 11) is 3.41. The van der Waals surface area contributed by atoms with Gasteiger partial charge < -0.3 is 19.3 Å². The highest BCUT2D eigenvalue weighted by Gasteiger charge is 2.50. The Morgan fingerprint density at radius 1 is 1.36 bits per heavy atom. The highest BCUT2D eigenvalue weighted by atomic mass is 16.7. The van der Waals surface area contributed by atoms with Crippen molar-refractivity contribution in [1.82, 2.24) is 0 Å². The van der Waals surface area contributed by atoms with Gasteiger partial charge in [0.1, 0.15) is 5.60 Å². The van der Waals surface area contributed by atoms with Crippen LogP contribution in [0.2, 0.25) is 0 Å². The Kier molecular flexibility index (Phi) is 5.70. The Balaban J connectivity index is 2.43. The lowest BCUT2D eigenvalue weighted by molar-refractivity contribution is -0.251. The van der Waals surface area contributed by atoms with E-state index in [-0.39, 0.29) is 19.0 Å². The minimum Gasteiger partial charge on any atom is -0.393 e. The summed E-state index contributed by atoms with van der Waals surface area (Å²) in [5, 5.41) is 9.89. The first-order valence-corrected chi connectivity index (χ1v) is 8.38. The molecule has 2 rings (SSSR count). The maximum absolute atomic E-state index is 9.89. The Bertz CT molecular complexity index is 406. The summed E-state index contributed by atoms with van der Waals surface area (Å²) in [6.45, 7) is 8.60. The van der Waals surface area contributed by atoms with E-state index in [1.54, 1.807) is 14.2 Å². The quantitative estimate of drug-likeness (QED) is 0.811. The fourth-order valence-corrected chi connectivity index (χ4v) is 4.27. The number of fused-ring (bicyclic) bond motifs is 1. The van der Waals surface area contributed by atoms with Gasteiger partial charge in [0, 0.05) is 20.1 Å². The molecular formula is C18H32O4. The topological polar surface area (TPSA) is 47.9 Å². The molecule has 0 spiro atoms. The molecule has 0 radical (unpaired) electrons. The smallest absolute Gasteiger partial charge is 0.161 e. The molecule has 22 heavy (non-hydrogen) atoms. The zero-order valence-corrected chi connectivity index (χ0v) is 14.8. The molecule has 1 saturated heterocycles. The van der Waals surface area contributed by atoms with Crippen molar-refractivity contribution in [3.8, 4) is 0 Å². The molecule has 0 saturated carbocycles. The zero-order chi connectivity index (χ0) is 16.5. The summed E-state index contributed by atoms with van der Waals surface area (Å²) >= 11 is 0. The molecule has 0 aromatic heterocycles. The van der Waals surface area contributed by atoms with Crippen molar-refractivity contribution in [2.45, 2.75) is 58.5 Å². The van der Waals surface area contributed by atoms with Crippen molar-refractivity contribution >= 4 is 0 Å². The van der Waals surface area contributed by atoms with E-state index in [4.69, 9.17) is 14.2 Å². The largest absolute Gasteiger partial charge is 0.393 e. The van der Waals surface area contributed by atoms with Crippen LogP contribution in [0.4, 0.5) is 0 Å². The number of hydrogen-bond donors (Lipinski definition) is 1. The molecule has 1 heterocycles. The van der Waals surface area contributed by atoms with Crippen LogP contribution >= 0.6 is 0 Å². The van der Waals surface area contributed by atoms with E-state index in [9.17, 15) is 5.11 Å². The van der Waals surface area contributed by atoms with Gasteiger partial charge in [-0.3, -0.25) is 0 Å². The molecule has 2 aliphatic rings. The van der Waals surface area contributed by atoms with Gasteiger partial charge in [0.25, 0.3) is 0 Å². The summed E-state index contributed by atoms with van der Waals surface area (Å²) in [5.74, 6) is 1.78. The zero-order valence-electron chi connectivity index (χ0n) is 14.8. The fraction of sp³-hybridized carbons (Fsp3) is 0.889. The molecule has 4 nitrogen and oxygen atoms in total. The lowest BCUT2D eigenvalue weighted by Crippen LogP contribution is -2.48. The fourth-order valence-electron chi connectivity index (χ4n) is 4.27. The molecule has 0 amide bonds. The van der Waals surface area contributed by atoms with Crippen LogP contribution in [0.25, 0.3) is 0 Å². The second-order valence-electron chi connectivity index (χ2n) is 7.43. The van der Waals surface area contributed by atoms with Crippen LogP contribution in [0.5, 0.6) is 0 Å². The predicted molar refractivity (Wildman–Crippen MR) is 86.5 cm³/mol. The van der Waals surface area contributed by atoms with Gasteiger partial charge in [-0.25, -0.2) is 0 Å². The monoisotopic (exact) mass is 312 g/mol. The van der Waals surface area contributed by atoms with E-state index in [1.807, 2.05) is 6.92 Å². The number of methoxy groups -OCH3 is 2. The van der Waals surface area contributed by atoms with Crippen molar-refractivity contribution in [3.05, 3.63) is 11.6 Å². The van der Waals surface area contributed by atoms with Crippen molar-refractivity contribution < 1.29 is 19.3 Å². The van der Waals surface area contributed by atoms with Crippen molar-refractivity contribution in [2.75, 3.05) is 20.8 Å². The Morgan fingerprint density at radius 3 is 2.55 bits per heavy atom. The van der Waals surface area contributed by atoms with E-state index in [2.05, 4.69) is 26.8 Å². The van der Waals surface area contributed by atoms with Crippen molar-refractivity contribution in [3.63, 3.8) is 0 Å². The maximum Gasteiger partial charge on any atom is 0.161 e.